The fourth-order valence-electron chi connectivity index (χ4n) is 2.59. The normalized spacial score (nSPS) is 11.0. The number of carbonyl (C=O) groups is 1. The summed E-state index contributed by atoms with van der Waals surface area (Å²) in [6, 6.07) is 13.5. The molecule has 0 aliphatic heterocycles. The molecular weight excluding hydrogens is 290 g/mol. The molecule has 0 aliphatic carbocycles. The van der Waals surface area contributed by atoms with Crippen molar-refractivity contribution in [1.82, 2.24) is 4.98 Å². The standard InChI is InChI=1S/C19H17NO3/c1-22-17-9-5-6-13(18(17)19(21)23-2)10-11-14-12-20-16-8-4-3-7-15(14)16/h3-12,20H,1-2H3. The summed E-state index contributed by atoms with van der Waals surface area (Å²) in [7, 11) is 2.90. The number of benzene rings is 2. The number of para-hydroxylation sites is 1. The second-order valence-corrected chi connectivity index (χ2v) is 5.04. The van der Waals surface area contributed by atoms with E-state index in [1.165, 1.54) is 14.2 Å². The van der Waals surface area contributed by atoms with Gasteiger partial charge in [0.1, 0.15) is 11.3 Å². The van der Waals surface area contributed by atoms with E-state index in [1.54, 1.807) is 6.07 Å². The van der Waals surface area contributed by atoms with E-state index < -0.39 is 5.97 Å². The summed E-state index contributed by atoms with van der Waals surface area (Å²) in [6.45, 7) is 0. The first kappa shape index (κ1) is 14.9. The van der Waals surface area contributed by atoms with E-state index in [0.717, 1.165) is 22.0 Å². The zero-order valence-electron chi connectivity index (χ0n) is 13.0. The van der Waals surface area contributed by atoms with Crippen LogP contribution in [0.5, 0.6) is 5.75 Å². The van der Waals surface area contributed by atoms with Crippen molar-refractivity contribution in [2.75, 3.05) is 14.2 Å². The van der Waals surface area contributed by atoms with E-state index in [4.69, 9.17) is 9.47 Å². The van der Waals surface area contributed by atoms with Crippen LogP contribution in [0.1, 0.15) is 21.5 Å². The van der Waals surface area contributed by atoms with Crippen molar-refractivity contribution in [3.05, 3.63) is 65.4 Å². The molecule has 4 nitrogen and oxygen atoms in total. The van der Waals surface area contributed by atoms with Crippen LogP contribution in [-0.2, 0) is 4.74 Å². The van der Waals surface area contributed by atoms with Crippen molar-refractivity contribution < 1.29 is 14.3 Å². The van der Waals surface area contributed by atoms with Gasteiger partial charge in [-0.3, -0.25) is 0 Å². The molecular formula is C19H17NO3. The molecule has 4 heteroatoms. The van der Waals surface area contributed by atoms with E-state index in [-0.39, 0.29) is 0 Å². The first-order chi connectivity index (χ1) is 11.2. The second-order valence-electron chi connectivity index (χ2n) is 5.04. The Kier molecular flexibility index (Phi) is 4.15. The highest BCUT2D eigenvalue weighted by Gasteiger charge is 2.16. The SMILES string of the molecule is COC(=O)c1c(C=Cc2c[nH]c3ccccc23)cccc1OC. The molecule has 0 saturated carbocycles. The molecule has 0 fully saturated rings. The van der Waals surface area contributed by atoms with Gasteiger partial charge in [0.05, 0.1) is 14.2 Å². The van der Waals surface area contributed by atoms with E-state index >= 15 is 0 Å². The van der Waals surface area contributed by atoms with Crippen LogP contribution in [0.15, 0.2) is 48.7 Å². The fraction of sp³-hybridized carbons (Fsp3) is 0.105. The van der Waals surface area contributed by atoms with Gasteiger partial charge in [-0.25, -0.2) is 4.79 Å². The lowest BCUT2D eigenvalue weighted by Gasteiger charge is -2.09. The van der Waals surface area contributed by atoms with Crippen LogP contribution >= 0.6 is 0 Å². The number of nitrogens with one attached hydrogen (secondary N) is 1. The van der Waals surface area contributed by atoms with Crippen LogP contribution in [0.25, 0.3) is 23.1 Å². The quantitative estimate of drug-likeness (QED) is 0.737. The topological polar surface area (TPSA) is 51.3 Å². The van der Waals surface area contributed by atoms with Crippen LogP contribution in [0.3, 0.4) is 0 Å². The monoisotopic (exact) mass is 307 g/mol. The Hall–Kier alpha value is -3.01. The molecule has 0 unspecified atom stereocenters. The number of methoxy groups -OCH3 is 2. The fourth-order valence-corrected chi connectivity index (χ4v) is 2.59. The van der Waals surface area contributed by atoms with Crippen molar-refractivity contribution in [1.29, 1.82) is 0 Å². The van der Waals surface area contributed by atoms with Gasteiger partial charge < -0.3 is 14.5 Å². The van der Waals surface area contributed by atoms with Crippen molar-refractivity contribution in [2.45, 2.75) is 0 Å². The number of hydrogen-bond acceptors (Lipinski definition) is 3. The molecule has 0 amide bonds. The Balaban J connectivity index is 2.04. The molecule has 0 atom stereocenters. The maximum absolute atomic E-state index is 12.0. The Bertz CT molecular complexity index is 877. The van der Waals surface area contributed by atoms with Crippen molar-refractivity contribution in [3.63, 3.8) is 0 Å². The number of hydrogen-bond donors (Lipinski definition) is 1. The molecule has 2 aromatic carbocycles. The van der Waals surface area contributed by atoms with Crippen LogP contribution in [-0.4, -0.2) is 25.2 Å². The zero-order valence-corrected chi connectivity index (χ0v) is 13.0. The molecule has 0 spiro atoms. The number of carbonyl (C=O) groups excluding carboxylic acids is 1. The van der Waals surface area contributed by atoms with Crippen LogP contribution in [0.4, 0.5) is 0 Å². The summed E-state index contributed by atoms with van der Waals surface area (Å²) in [5.41, 5.74) is 3.31. The summed E-state index contributed by atoms with van der Waals surface area (Å²) in [5.74, 6) is 0.0824. The lowest BCUT2D eigenvalue weighted by atomic mass is 10.0. The number of ether oxygens (including phenoxy) is 2. The summed E-state index contributed by atoms with van der Waals surface area (Å²) >= 11 is 0. The van der Waals surface area contributed by atoms with Gasteiger partial charge in [-0.2, -0.15) is 0 Å². The third kappa shape index (κ3) is 2.83. The third-order valence-electron chi connectivity index (χ3n) is 3.73. The molecule has 0 aliphatic rings. The largest absolute Gasteiger partial charge is 0.496 e. The summed E-state index contributed by atoms with van der Waals surface area (Å²) in [4.78, 5) is 15.3. The first-order valence-electron chi connectivity index (χ1n) is 7.24. The molecule has 3 aromatic rings. The Morgan fingerprint density at radius 1 is 1.00 bits per heavy atom. The Morgan fingerprint density at radius 2 is 1.78 bits per heavy atom. The first-order valence-corrected chi connectivity index (χ1v) is 7.24. The number of aromatic nitrogens is 1. The maximum atomic E-state index is 12.0. The second kappa shape index (κ2) is 6.40. The van der Waals surface area contributed by atoms with Crippen LogP contribution in [0, 0.1) is 0 Å². The van der Waals surface area contributed by atoms with Gasteiger partial charge in [-0.05, 0) is 23.3 Å². The van der Waals surface area contributed by atoms with Gasteiger partial charge in [0.15, 0.2) is 0 Å². The smallest absolute Gasteiger partial charge is 0.342 e. The Labute approximate surface area is 134 Å². The average molecular weight is 307 g/mol. The summed E-state index contributed by atoms with van der Waals surface area (Å²) < 4.78 is 10.1. The van der Waals surface area contributed by atoms with E-state index in [0.29, 0.717) is 11.3 Å². The van der Waals surface area contributed by atoms with Gasteiger partial charge in [0.2, 0.25) is 0 Å². The predicted molar refractivity (Wildman–Crippen MR) is 91.6 cm³/mol. The lowest BCUT2D eigenvalue weighted by molar-refractivity contribution is 0.0597. The molecule has 0 radical (unpaired) electrons. The molecule has 0 bridgehead atoms. The molecule has 116 valence electrons. The highest BCUT2D eigenvalue weighted by molar-refractivity contribution is 5.99. The maximum Gasteiger partial charge on any atom is 0.342 e. The molecule has 23 heavy (non-hydrogen) atoms. The molecule has 1 N–H and O–H groups in total. The van der Waals surface area contributed by atoms with Crippen molar-refractivity contribution in [2.24, 2.45) is 0 Å². The van der Waals surface area contributed by atoms with Gasteiger partial charge >= 0.3 is 5.97 Å². The minimum Gasteiger partial charge on any atom is -0.496 e. The minimum atomic E-state index is -0.416. The number of H-pyrrole nitrogens is 1. The van der Waals surface area contributed by atoms with E-state index in [9.17, 15) is 4.79 Å². The highest BCUT2D eigenvalue weighted by Crippen LogP contribution is 2.26. The van der Waals surface area contributed by atoms with Crippen LogP contribution < -0.4 is 4.74 Å². The predicted octanol–water partition coefficient (Wildman–Crippen LogP) is 4.13. The number of fused-ring (bicyclic) bond motifs is 1. The highest BCUT2D eigenvalue weighted by atomic mass is 16.5. The van der Waals surface area contributed by atoms with Crippen molar-refractivity contribution in [3.8, 4) is 5.75 Å². The summed E-state index contributed by atoms with van der Waals surface area (Å²) in [5, 5.41) is 1.13. The van der Waals surface area contributed by atoms with E-state index in [1.807, 2.05) is 48.7 Å². The minimum absolute atomic E-state index is 0.416. The van der Waals surface area contributed by atoms with Crippen molar-refractivity contribution >= 4 is 29.0 Å². The van der Waals surface area contributed by atoms with Gasteiger partial charge in [0, 0.05) is 17.1 Å². The third-order valence-corrected chi connectivity index (χ3v) is 3.73. The molecule has 0 saturated heterocycles. The van der Waals surface area contributed by atoms with Gasteiger partial charge in [0.25, 0.3) is 0 Å². The molecule has 3 rings (SSSR count). The lowest BCUT2D eigenvalue weighted by Crippen LogP contribution is -2.06. The molecule has 1 heterocycles. The summed E-state index contributed by atoms with van der Waals surface area (Å²) in [6.07, 6.45) is 5.81. The zero-order chi connectivity index (χ0) is 16.2. The van der Waals surface area contributed by atoms with Crippen LogP contribution in [0.2, 0.25) is 0 Å². The van der Waals surface area contributed by atoms with E-state index in [2.05, 4.69) is 11.1 Å². The number of rotatable bonds is 4. The number of aromatic amines is 1. The molecule has 1 aromatic heterocycles. The average Bonchev–Trinajstić information content (AvgIpc) is 3.02. The van der Waals surface area contributed by atoms with Gasteiger partial charge in [-0.1, -0.05) is 42.5 Å². The van der Waals surface area contributed by atoms with Gasteiger partial charge in [-0.15, -0.1) is 0 Å². The Morgan fingerprint density at radius 3 is 2.57 bits per heavy atom. The number of esters is 1.